The van der Waals surface area contributed by atoms with Crippen LogP contribution in [0.1, 0.15) is 27.2 Å². The van der Waals surface area contributed by atoms with Gasteiger partial charge < -0.3 is 9.74 Å². The summed E-state index contributed by atoms with van der Waals surface area (Å²) in [4.78, 5) is 18.7. The van der Waals surface area contributed by atoms with Gasteiger partial charge in [0.1, 0.15) is 0 Å². The summed E-state index contributed by atoms with van der Waals surface area (Å²) in [6.45, 7) is 5.86. The molecule has 0 spiro atoms. The van der Waals surface area contributed by atoms with E-state index in [1.807, 2.05) is 51.1 Å². The Balaban J connectivity index is 0.000000771. The third kappa shape index (κ3) is 3.32. The number of hydrogen-bond donors (Lipinski definition) is 0. The van der Waals surface area contributed by atoms with E-state index >= 15 is 0 Å². The number of rotatable bonds is 2. The Morgan fingerprint density at radius 1 is 1.33 bits per heavy atom. The highest BCUT2D eigenvalue weighted by Crippen LogP contribution is 2.17. The molecule has 1 aromatic carbocycles. The van der Waals surface area contributed by atoms with Gasteiger partial charge in [0.2, 0.25) is 6.10 Å². The molecular formula is C14H20N2O2. The Labute approximate surface area is 108 Å². The second-order valence-corrected chi connectivity index (χ2v) is 3.86. The molecule has 0 saturated carbocycles. The van der Waals surface area contributed by atoms with Crippen LogP contribution in [0.4, 0.5) is 5.69 Å². The van der Waals surface area contributed by atoms with Crippen LogP contribution in [0.5, 0.6) is 0 Å². The summed E-state index contributed by atoms with van der Waals surface area (Å²) in [5.74, 6) is -0.0631. The van der Waals surface area contributed by atoms with Gasteiger partial charge in [0, 0.05) is 19.2 Å². The van der Waals surface area contributed by atoms with Crippen LogP contribution < -0.4 is 4.90 Å². The van der Waals surface area contributed by atoms with Crippen molar-refractivity contribution in [3.8, 4) is 0 Å². The first-order valence-electron chi connectivity index (χ1n) is 6.20. The van der Waals surface area contributed by atoms with E-state index in [-0.39, 0.29) is 5.91 Å². The third-order valence-corrected chi connectivity index (χ3v) is 2.57. The summed E-state index contributed by atoms with van der Waals surface area (Å²) in [5, 5.41) is 3.78. The molecular weight excluding hydrogens is 228 g/mol. The van der Waals surface area contributed by atoms with E-state index in [0.717, 1.165) is 11.4 Å². The maximum atomic E-state index is 12.0. The first kappa shape index (κ1) is 14.2. The summed E-state index contributed by atoms with van der Waals surface area (Å²) in [6, 6.07) is 9.50. The van der Waals surface area contributed by atoms with Crippen molar-refractivity contribution in [1.82, 2.24) is 0 Å². The Kier molecular flexibility index (Phi) is 5.36. The van der Waals surface area contributed by atoms with Gasteiger partial charge in [-0.05, 0) is 19.1 Å². The van der Waals surface area contributed by atoms with Crippen LogP contribution >= 0.6 is 0 Å². The lowest BCUT2D eigenvalue weighted by molar-refractivity contribution is -0.128. The second-order valence-electron chi connectivity index (χ2n) is 3.86. The standard InChI is InChI=1S/C12H14N2O2.C2H6/c1-9-8-11(16-13-9)12(15)14(2)10-6-4-3-5-7-10;1-2/h3-7,11H,8H2,1-2H3;1-2H3/t11-;/m0./s1. The number of amides is 1. The van der Waals surface area contributed by atoms with Crippen molar-refractivity contribution in [2.24, 2.45) is 5.16 Å². The van der Waals surface area contributed by atoms with E-state index in [0.29, 0.717) is 6.42 Å². The number of carbonyl (C=O) groups is 1. The fourth-order valence-corrected chi connectivity index (χ4v) is 1.62. The molecule has 1 heterocycles. The Bertz CT molecular complexity index is 415. The predicted molar refractivity (Wildman–Crippen MR) is 73.8 cm³/mol. The monoisotopic (exact) mass is 248 g/mol. The number of hydrogen-bond acceptors (Lipinski definition) is 3. The molecule has 18 heavy (non-hydrogen) atoms. The maximum absolute atomic E-state index is 12.0. The number of benzene rings is 1. The number of likely N-dealkylation sites (N-methyl/N-ethyl adjacent to an activating group) is 1. The molecule has 4 heteroatoms. The van der Waals surface area contributed by atoms with Gasteiger partial charge in [0.25, 0.3) is 5.91 Å². The van der Waals surface area contributed by atoms with E-state index in [1.165, 1.54) is 0 Å². The van der Waals surface area contributed by atoms with E-state index in [1.54, 1.807) is 11.9 Å². The fraction of sp³-hybridized carbons (Fsp3) is 0.429. The highest BCUT2D eigenvalue weighted by Gasteiger charge is 2.29. The van der Waals surface area contributed by atoms with Crippen LogP contribution in [0, 0.1) is 0 Å². The van der Waals surface area contributed by atoms with Crippen LogP contribution in [0.15, 0.2) is 35.5 Å². The van der Waals surface area contributed by atoms with Crippen LogP contribution in [0.25, 0.3) is 0 Å². The van der Waals surface area contributed by atoms with Gasteiger partial charge in [-0.3, -0.25) is 4.79 Å². The molecule has 98 valence electrons. The summed E-state index contributed by atoms with van der Waals surface area (Å²) >= 11 is 0. The second kappa shape index (κ2) is 6.79. The zero-order chi connectivity index (χ0) is 13.5. The normalized spacial score (nSPS) is 17.1. The fourth-order valence-electron chi connectivity index (χ4n) is 1.62. The Morgan fingerprint density at radius 3 is 2.44 bits per heavy atom. The van der Waals surface area contributed by atoms with Crippen molar-refractivity contribution in [3.63, 3.8) is 0 Å². The summed E-state index contributed by atoms with van der Waals surface area (Å²) < 4.78 is 0. The van der Waals surface area contributed by atoms with Crippen molar-refractivity contribution in [2.75, 3.05) is 11.9 Å². The van der Waals surface area contributed by atoms with Crippen LogP contribution in [0.3, 0.4) is 0 Å². The molecule has 0 fully saturated rings. The molecule has 0 aromatic heterocycles. The topological polar surface area (TPSA) is 41.9 Å². The number of para-hydroxylation sites is 1. The molecule has 1 aromatic rings. The molecule has 0 aliphatic carbocycles. The van der Waals surface area contributed by atoms with Crippen LogP contribution in [-0.4, -0.2) is 24.8 Å². The van der Waals surface area contributed by atoms with Gasteiger partial charge in [-0.2, -0.15) is 0 Å². The smallest absolute Gasteiger partial charge is 0.271 e. The zero-order valence-corrected chi connectivity index (χ0v) is 11.4. The molecule has 1 atom stereocenters. The Morgan fingerprint density at radius 2 is 1.94 bits per heavy atom. The Hall–Kier alpha value is -1.84. The van der Waals surface area contributed by atoms with Gasteiger partial charge in [-0.15, -0.1) is 0 Å². The van der Waals surface area contributed by atoms with Gasteiger partial charge in [0.05, 0.1) is 5.71 Å². The number of oxime groups is 1. The van der Waals surface area contributed by atoms with E-state index in [9.17, 15) is 4.79 Å². The van der Waals surface area contributed by atoms with E-state index in [4.69, 9.17) is 4.84 Å². The third-order valence-electron chi connectivity index (χ3n) is 2.57. The molecule has 1 amide bonds. The number of anilines is 1. The van der Waals surface area contributed by atoms with Crippen molar-refractivity contribution in [2.45, 2.75) is 33.3 Å². The minimum absolute atomic E-state index is 0.0631. The molecule has 0 bridgehead atoms. The average Bonchev–Trinajstić information content (AvgIpc) is 2.87. The SMILES string of the molecule is CC.CC1=NO[C@H](C(=O)N(C)c2ccccc2)C1. The summed E-state index contributed by atoms with van der Waals surface area (Å²) in [5.41, 5.74) is 1.72. The predicted octanol–water partition coefficient (Wildman–Crippen LogP) is 2.84. The summed E-state index contributed by atoms with van der Waals surface area (Å²) in [7, 11) is 1.74. The molecule has 2 rings (SSSR count). The van der Waals surface area contributed by atoms with Gasteiger partial charge >= 0.3 is 0 Å². The molecule has 0 N–H and O–H groups in total. The van der Waals surface area contributed by atoms with Gasteiger partial charge in [0.15, 0.2) is 0 Å². The molecule has 4 nitrogen and oxygen atoms in total. The molecule has 0 saturated heterocycles. The number of nitrogens with zero attached hydrogens (tertiary/aromatic N) is 2. The van der Waals surface area contributed by atoms with Crippen molar-refractivity contribution < 1.29 is 9.63 Å². The average molecular weight is 248 g/mol. The molecule has 0 unspecified atom stereocenters. The number of carbonyl (C=O) groups excluding carboxylic acids is 1. The van der Waals surface area contributed by atoms with E-state index < -0.39 is 6.10 Å². The lowest BCUT2D eigenvalue weighted by Crippen LogP contribution is -2.36. The minimum atomic E-state index is -0.467. The van der Waals surface area contributed by atoms with Crippen molar-refractivity contribution in [3.05, 3.63) is 30.3 Å². The van der Waals surface area contributed by atoms with Gasteiger partial charge in [-0.1, -0.05) is 37.2 Å². The van der Waals surface area contributed by atoms with Gasteiger partial charge in [-0.25, -0.2) is 0 Å². The van der Waals surface area contributed by atoms with Crippen molar-refractivity contribution in [1.29, 1.82) is 0 Å². The van der Waals surface area contributed by atoms with Crippen molar-refractivity contribution >= 4 is 17.3 Å². The largest absolute Gasteiger partial charge is 0.382 e. The lowest BCUT2D eigenvalue weighted by atomic mass is 10.1. The summed E-state index contributed by atoms with van der Waals surface area (Å²) in [6.07, 6.45) is 0.112. The van der Waals surface area contributed by atoms with Crippen LogP contribution in [0.2, 0.25) is 0 Å². The minimum Gasteiger partial charge on any atom is -0.382 e. The molecule has 1 aliphatic heterocycles. The first-order valence-corrected chi connectivity index (χ1v) is 6.20. The maximum Gasteiger partial charge on any atom is 0.271 e. The van der Waals surface area contributed by atoms with Crippen LogP contribution in [-0.2, 0) is 9.63 Å². The lowest BCUT2D eigenvalue weighted by Gasteiger charge is -2.19. The first-order chi connectivity index (χ1) is 8.68. The highest BCUT2D eigenvalue weighted by atomic mass is 16.6. The molecule has 0 radical (unpaired) electrons. The zero-order valence-electron chi connectivity index (χ0n) is 11.4. The quantitative estimate of drug-likeness (QED) is 0.807. The van der Waals surface area contributed by atoms with E-state index in [2.05, 4.69) is 5.16 Å². The molecule has 1 aliphatic rings. The highest BCUT2D eigenvalue weighted by molar-refractivity contribution is 6.00.